The standard InChI is InChI=1S/C21H28N4O2S/c1-2-22-21(23-14-16-28(26,27)20-11-7-4-8-12-20)24-18-13-15-25(17-18)19-9-5-3-6-10-19/h3-12,18H,2,13-17H2,1H3,(H2,22,23,24). The van der Waals surface area contributed by atoms with Gasteiger partial charge < -0.3 is 15.5 Å². The fourth-order valence-electron chi connectivity index (χ4n) is 3.29. The Bertz CT molecular complexity index is 870. The molecule has 0 amide bonds. The second-order valence-corrected chi connectivity index (χ2v) is 8.91. The molecule has 6 nitrogen and oxygen atoms in total. The molecule has 1 unspecified atom stereocenters. The van der Waals surface area contributed by atoms with Crippen molar-refractivity contribution < 1.29 is 8.42 Å². The maximum atomic E-state index is 12.4. The molecule has 0 aliphatic carbocycles. The van der Waals surface area contributed by atoms with Gasteiger partial charge in [-0.25, -0.2) is 8.42 Å². The zero-order valence-electron chi connectivity index (χ0n) is 16.2. The topological polar surface area (TPSA) is 73.8 Å². The number of anilines is 1. The number of sulfone groups is 1. The van der Waals surface area contributed by atoms with Gasteiger partial charge in [-0.05, 0) is 37.6 Å². The lowest BCUT2D eigenvalue weighted by Gasteiger charge is -2.20. The lowest BCUT2D eigenvalue weighted by Crippen LogP contribution is -2.44. The summed E-state index contributed by atoms with van der Waals surface area (Å²) in [4.78, 5) is 7.18. The molecule has 1 fully saturated rings. The third-order valence-corrected chi connectivity index (χ3v) is 6.44. The Kier molecular flexibility index (Phi) is 6.92. The molecular formula is C21H28N4O2S. The van der Waals surface area contributed by atoms with Crippen LogP contribution < -0.4 is 15.5 Å². The summed E-state index contributed by atoms with van der Waals surface area (Å²) in [5.74, 6) is 0.666. The zero-order chi connectivity index (χ0) is 19.8. The van der Waals surface area contributed by atoms with Gasteiger partial charge in [0.2, 0.25) is 0 Å². The third kappa shape index (κ3) is 5.48. The van der Waals surface area contributed by atoms with Crippen LogP contribution in [0.25, 0.3) is 0 Å². The number of benzene rings is 2. The quantitative estimate of drug-likeness (QED) is 0.551. The summed E-state index contributed by atoms with van der Waals surface area (Å²) in [5, 5.41) is 6.66. The van der Waals surface area contributed by atoms with Crippen LogP contribution in [-0.2, 0) is 9.84 Å². The summed E-state index contributed by atoms with van der Waals surface area (Å²) in [6, 6.07) is 19.2. The number of para-hydroxylation sites is 1. The number of guanidine groups is 1. The Morgan fingerprint density at radius 3 is 2.46 bits per heavy atom. The molecule has 7 heteroatoms. The number of aliphatic imine (C=N–C) groups is 1. The van der Waals surface area contributed by atoms with Crippen molar-refractivity contribution in [3.63, 3.8) is 0 Å². The minimum absolute atomic E-state index is 0.00556. The first-order valence-corrected chi connectivity index (χ1v) is 11.4. The average Bonchev–Trinajstić information content (AvgIpc) is 3.18. The molecule has 28 heavy (non-hydrogen) atoms. The van der Waals surface area contributed by atoms with E-state index in [0.29, 0.717) is 10.9 Å². The molecule has 0 bridgehead atoms. The Hall–Kier alpha value is -2.54. The van der Waals surface area contributed by atoms with E-state index < -0.39 is 9.84 Å². The Labute approximate surface area is 167 Å². The summed E-state index contributed by atoms with van der Waals surface area (Å²) < 4.78 is 24.8. The van der Waals surface area contributed by atoms with Crippen LogP contribution in [0.15, 0.2) is 70.6 Å². The van der Waals surface area contributed by atoms with E-state index in [9.17, 15) is 8.42 Å². The van der Waals surface area contributed by atoms with Crippen molar-refractivity contribution in [2.75, 3.05) is 36.8 Å². The van der Waals surface area contributed by atoms with Crippen LogP contribution in [0.5, 0.6) is 0 Å². The number of hydrogen-bond acceptors (Lipinski definition) is 4. The van der Waals surface area contributed by atoms with Crippen molar-refractivity contribution >= 4 is 21.5 Å². The lowest BCUT2D eigenvalue weighted by atomic mass is 10.3. The molecule has 1 aliphatic rings. The summed E-state index contributed by atoms with van der Waals surface area (Å²) in [6.07, 6.45) is 1.02. The van der Waals surface area contributed by atoms with Gasteiger partial charge in [0.25, 0.3) is 0 Å². The van der Waals surface area contributed by atoms with E-state index >= 15 is 0 Å². The molecule has 2 N–H and O–H groups in total. The molecule has 0 radical (unpaired) electrons. The van der Waals surface area contributed by atoms with Crippen molar-refractivity contribution in [1.29, 1.82) is 0 Å². The first kappa shape index (κ1) is 20.2. The SMILES string of the molecule is CCNC(=NCCS(=O)(=O)c1ccccc1)NC1CCN(c2ccccc2)C1. The fraction of sp³-hybridized carbons (Fsp3) is 0.381. The van der Waals surface area contributed by atoms with Crippen molar-refractivity contribution in [1.82, 2.24) is 10.6 Å². The number of hydrogen-bond donors (Lipinski definition) is 2. The van der Waals surface area contributed by atoms with Gasteiger partial charge in [-0.15, -0.1) is 0 Å². The van der Waals surface area contributed by atoms with Gasteiger partial charge in [0.15, 0.2) is 15.8 Å². The maximum absolute atomic E-state index is 12.4. The largest absolute Gasteiger partial charge is 0.369 e. The molecule has 150 valence electrons. The molecule has 0 saturated carbocycles. The Balaban J connectivity index is 1.56. The molecule has 1 heterocycles. The predicted octanol–water partition coefficient (Wildman–Crippen LogP) is 2.29. The Morgan fingerprint density at radius 1 is 1.11 bits per heavy atom. The normalized spacial score (nSPS) is 17.5. The second-order valence-electron chi connectivity index (χ2n) is 6.80. The van der Waals surface area contributed by atoms with E-state index in [1.165, 1.54) is 5.69 Å². The molecular weight excluding hydrogens is 372 g/mol. The van der Waals surface area contributed by atoms with Gasteiger partial charge in [-0.2, -0.15) is 0 Å². The highest BCUT2D eigenvalue weighted by molar-refractivity contribution is 7.91. The van der Waals surface area contributed by atoms with E-state index in [1.54, 1.807) is 24.3 Å². The van der Waals surface area contributed by atoms with E-state index in [0.717, 1.165) is 26.1 Å². The van der Waals surface area contributed by atoms with E-state index in [4.69, 9.17) is 0 Å². The first-order valence-electron chi connectivity index (χ1n) is 9.71. The predicted molar refractivity (Wildman–Crippen MR) is 115 cm³/mol. The van der Waals surface area contributed by atoms with E-state index in [2.05, 4.69) is 44.8 Å². The van der Waals surface area contributed by atoms with Gasteiger partial charge in [0, 0.05) is 31.4 Å². The monoisotopic (exact) mass is 400 g/mol. The van der Waals surface area contributed by atoms with Crippen LogP contribution >= 0.6 is 0 Å². The van der Waals surface area contributed by atoms with Gasteiger partial charge >= 0.3 is 0 Å². The minimum Gasteiger partial charge on any atom is -0.369 e. The number of nitrogens with zero attached hydrogens (tertiary/aromatic N) is 2. The summed E-state index contributed by atoms with van der Waals surface area (Å²) >= 11 is 0. The summed E-state index contributed by atoms with van der Waals surface area (Å²) in [7, 11) is -3.31. The molecule has 1 saturated heterocycles. The van der Waals surface area contributed by atoms with Crippen LogP contribution in [0.3, 0.4) is 0 Å². The van der Waals surface area contributed by atoms with Crippen LogP contribution in [0, 0.1) is 0 Å². The lowest BCUT2D eigenvalue weighted by molar-refractivity contribution is 0.595. The van der Waals surface area contributed by atoms with E-state index in [1.807, 2.05) is 19.1 Å². The van der Waals surface area contributed by atoms with Crippen molar-refractivity contribution in [3.8, 4) is 0 Å². The maximum Gasteiger partial charge on any atom is 0.191 e. The van der Waals surface area contributed by atoms with Crippen LogP contribution in [0.4, 0.5) is 5.69 Å². The Morgan fingerprint density at radius 2 is 1.79 bits per heavy atom. The molecule has 2 aromatic carbocycles. The number of rotatable bonds is 7. The third-order valence-electron chi connectivity index (χ3n) is 4.73. The van der Waals surface area contributed by atoms with Crippen molar-refractivity contribution in [2.45, 2.75) is 24.3 Å². The smallest absolute Gasteiger partial charge is 0.191 e. The zero-order valence-corrected chi connectivity index (χ0v) is 17.0. The number of nitrogens with one attached hydrogen (secondary N) is 2. The van der Waals surface area contributed by atoms with Gasteiger partial charge in [-0.1, -0.05) is 36.4 Å². The highest BCUT2D eigenvalue weighted by atomic mass is 32.2. The second kappa shape index (κ2) is 9.59. The molecule has 1 atom stereocenters. The molecule has 3 rings (SSSR count). The summed E-state index contributed by atoms with van der Waals surface area (Å²) in [5.41, 5.74) is 1.22. The summed E-state index contributed by atoms with van der Waals surface area (Å²) in [6.45, 7) is 4.84. The van der Waals surface area contributed by atoms with Gasteiger partial charge in [0.05, 0.1) is 17.2 Å². The van der Waals surface area contributed by atoms with Gasteiger partial charge in [-0.3, -0.25) is 4.99 Å². The van der Waals surface area contributed by atoms with Gasteiger partial charge in [0.1, 0.15) is 0 Å². The highest BCUT2D eigenvalue weighted by Gasteiger charge is 2.23. The first-order chi connectivity index (χ1) is 13.6. The fourth-order valence-corrected chi connectivity index (χ4v) is 4.43. The molecule has 2 aromatic rings. The van der Waals surface area contributed by atoms with Crippen molar-refractivity contribution in [3.05, 3.63) is 60.7 Å². The van der Waals surface area contributed by atoms with Crippen LogP contribution in [-0.4, -0.2) is 52.4 Å². The minimum atomic E-state index is -3.31. The highest BCUT2D eigenvalue weighted by Crippen LogP contribution is 2.19. The molecule has 0 aromatic heterocycles. The van der Waals surface area contributed by atoms with Crippen LogP contribution in [0.1, 0.15) is 13.3 Å². The van der Waals surface area contributed by atoms with Crippen molar-refractivity contribution in [2.24, 2.45) is 4.99 Å². The van der Waals surface area contributed by atoms with E-state index in [-0.39, 0.29) is 18.3 Å². The molecule has 1 aliphatic heterocycles. The average molecular weight is 401 g/mol. The molecule has 0 spiro atoms. The van der Waals surface area contributed by atoms with Crippen LogP contribution in [0.2, 0.25) is 0 Å².